The zero-order chi connectivity index (χ0) is 14.5. The van der Waals surface area contributed by atoms with Crippen molar-refractivity contribution in [3.63, 3.8) is 0 Å². The highest BCUT2D eigenvalue weighted by Crippen LogP contribution is 2.26. The van der Waals surface area contributed by atoms with Crippen molar-refractivity contribution in [2.75, 3.05) is 13.2 Å². The Labute approximate surface area is 119 Å². The topological polar surface area (TPSA) is 66.4 Å². The van der Waals surface area contributed by atoms with Gasteiger partial charge >= 0.3 is 0 Å². The van der Waals surface area contributed by atoms with E-state index in [4.69, 9.17) is 11.6 Å². The number of halogens is 1. The van der Waals surface area contributed by atoms with Crippen molar-refractivity contribution in [1.82, 2.24) is 4.72 Å². The Morgan fingerprint density at radius 3 is 2.32 bits per heavy atom. The van der Waals surface area contributed by atoms with Gasteiger partial charge in [0.2, 0.25) is 10.0 Å². The van der Waals surface area contributed by atoms with Crippen LogP contribution in [0.15, 0.2) is 29.2 Å². The maximum Gasteiger partial charge on any atom is 0.242 e. The molecule has 0 aliphatic heterocycles. The summed E-state index contributed by atoms with van der Waals surface area (Å²) < 4.78 is 26.9. The molecule has 0 spiro atoms. The lowest BCUT2D eigenvalue weighted by Crippen LogP contribution is -2.39. The van der Waals surface area contributed by atoms with Gasteiger partial charge in [-0.25, -0.2) is 13.1 Å². The summed E-state index contributed by atoms with van der Waals surface area (Å²) in [6.45, 7) is 4.02. The van der Waals surface area contributed by atoms with Gasteiger partial charge in [0.1, 0.15) is 4.90 Å². The normalized spacial score (nSPS) is 12.6. The first-order valence-corrected chi connectivity index (χ1v) is 8.12. The maximum absolute atomic E-state index is 12.2. The van der Waals surface area contributed by atoms with Crippen LogP contribution in [0.2, 0.25) is 5.02 Å². The lowest BCUT2D eigenvalue weighted by atomic mass is 9.84. The fourth-order valence-corrected chi connectivity index (χ4v) is 3.44. The highest BCUT2D eigenvalue weighted by molar-refractivity contribution is 7.89. The van der Waals surface area contributed by atoms with Gasteiger partial charge in [-0.3, -0.25) is 0 Å². The number of rotatable bonds is 7. The third kappa shape index (κ3) is 3.92. The van der Waals surface area contributed by atoms with E-state index in [1.807, 2.05) is 13.8 Å². The Bertz CT molecular complexity index is 504. The highest BCUT2D eigenvalue weighted by Gasteiger charge is 2.28. The van der Waals surface area contributed by atoms with Crippen molar-refractivity contribution < 1.29 is 13.5 Å². The number of benzene rings is 1. The first-order valence-electron chi connectivity index (χ1n) is 6.26. The van der Waals surface area contributed by atoms with Crippen LogP contribution in [-0.4, -0.2) is 26.7 Å². The number of hydrogen-bond donors (Lipinski definition) is 2. The standard InChI is InChI=1S/C13H20ClNO3S/c1-3-13(4-2,10-16)9-15-19(17,18)12-8-6-5-7-11(12)14/h5-8,15-16H,3-4,9-10H2,1-2H3. The van der Waals surface area contributed by atoms with Crippen LogP contribution in [-0.2, 0) is 10.0 Å². The molecule has 1 rings (SSSR count). The molecule has 4 nitrogen and oxygen atoms in total. The number of sulfonamides is 1. The van der Waals surface area contributed by atoms with Crippen molar-refractivity contribution in [3.05, 3.63) is 29.3 Å². The van der Waals surface area contributed by atoms with Crippen LogP contribution < -0.4 is 4.72 Å². The molecule has 108 valence electrons. The summed E-state index contributed by atoms with van der Waals surface area (Å²) in [6, 6.07) is 6.30. The van der Waals surface area contributed by atoms with Gasteiger partial charge in [0, 0.05) is 18.6 Å². The van der Waals surface area contributed by atoms with Crippen LogP contribution >= 0.6 is 11.6 Å². The molecule has 0 atom stereocenters. The van der Waals surface area contributed by atoms with E-state index in [-0.39, 0.29) is 23.1 Å². The minimum atomic E-state index is -3.65. The second-order valence-electron chi connectivity index (χ2n) is 4.62. The Kier molecular flexibility index (Phi) is 5.80. The third-order valence-electron chi connectivity index (χ3n) is 3.60. The molecule has 2 N–H and O–H groups in total. The van der Waals surface area contributed by atoms with Gasteiger partial charge in [0.15, 0.2) is 0 Å². The molecule has 0 aliphatic rings. The monoisotopic (exact) mass is 305 g/mol. The van der Waals surface area contributed by atoms with Gasteiger partial charge in [0.05, 0.1) is 5.02 Å². The summed E-state index contributed by atoms with van der Waals surface area (Å²) in [4.78, 5) is 0.0655. The molecular weight excluding hydrogens is 286 g/mol. The molecule has 0 saturated heterocycles. The lowest BCUT2D eigenvalue weighted by Gasteiger charge is -2.29. The Hall–Kier alpha value is -0.620. The van der Waals surface area contributed by atoms with E-state index in [0.717, 1.165) is 0 Å². The Balaban J connectivity index is 2.90. The quantitative estimate of drug-likeness (QED) is 0.813. The number of aliphatic hydroxyl groups is 1. The van der Waals surface area contributed by atoms with Crippen LogP contribution in [0.25, 0.3) is 0 Å². The summed E-state index contributed by atoms with van der Waals surface area (Å²) >= 11 is 5.89. The number of nitrogens with one attached hydrogen (secondary N) is 1. The van der Waals surface area contributed by atoms with E-state index >= 15 is 0 Å². The van der Waals surface area contributed by atoms with Crippen LogP contribution in [0.4, 0.5) is 0 Å². The van der Waals surface area contributed by atoms with Crippen molar-refractivity contribution in [1.29, 1.82) is 0 Å². The van der Waals surface area contributed by atoms with Crippen LogP contribution in [0, 0.1) is 5.41 Å². The van der Waals surface area contributed by atoms with Gasteiger partial charge in [-0.05, 0) is 25.0 Å². The predicted molar refractivity (Wildman–Crippen MR) is 76.7 cm³/mol. The zero-order valence-corrected chi connectivity index (χ0v) is 12.8. The highest BCUT2D eigenvalue weighted by atomic mass is 35.5. The van der Waals surface area contributed by atoms with Gasteiger partial charge in [-0.1, -0.05) is 37.6 Å². The summed E-state index contributed by atoms with van der Waals surface area (Å²) in [5.74, 6) is 0. The van der Waals surface area contributed by atoms with Gasteiger partial charge < -0.3 is 5.11 Å². The first-order chi connectivity index (χ1) is 8.90. The van der Waals surface area contributed by atoms with Crippen molar-refractivity contribution >= 4 is 21.6 Å². The smallest absolute Gasteiger partial charge is 0.242 e. The van der Waals surface area contributed by atoms with Gasteiger partial charge in [-0.15, -0.1) is 0 Å². The SMILES string of the molecule is CCC(CC)(CO)CNS(=O)(=O)c1ccccc1Cl. The second kappa shape index (κ2) is 6.70. The molecule has 0 amide bonds. The van der Waals surface area contributed by atoms with Crippen LogP contribution in [0.3, 0.4) is 0 Å². The van der Waals surface area contributed by atoms with Crippen LogP contribution in [0.5, 0.6) is 0 Å². The minimum Gasteiger partial charge on any atom is -0.396 e. The van der Waals surface area contributed by atoms with Crippen molar-refractivity contribution in [3.8, 4) is 0 Å². The predicted octanol–water partition coefficient (Wildman–Crippen LogP) is 2.42. The van der Waals surface area contributed by atoms with E-state index < -0.39 is 15.4 Å². The minimum absolute atomic E-state index is 0.0506. The molecule has 0 radical (unpaired) electrons. The molecule has 0 aromatic heterocycles. The molecule has 1 aromatic rings. The average Bonchev–Trinajstić information content (AvgIpc) is 2.41. The van der Waals surface area contributed by atoms with E-state index in [1.165, 1.54) is 12.1 Å². The summed E-state index contributed by atoms with van der Waals surface area (Å²) in [7, 11) is -3.65. The molecule has 0 fully saturated rings. The van der Waals surface area contributed by atoms with E-state index in [1.54, 1.807) is 12.1 Å². The molecule has 19 heavy (non-hydrogen) atoms. The summed E-state index contributed by atoms with van der Waals surface area (Å²) in [5.41, 5.74) is -0.422. The zero-order valence-electron chi connectivity index (χ0n) is 11.2. The van der Waals surface area contributed by atoms with E-state index in [9.17, 15) is 13.5 Å². The summed E-state index contributed by atoms with van der Waals surface area (Å²) in [5, 5.41) is 9.63. The van der Waals surface area contributed by atoms with Gasteiger partial charge in [0.25, 0.3) is 0 Å². The van der Waals surface area contributed by atoms with Crippen molar-refractivity contribution in [2.45, 2.75) is 31.6 Å². The molecule has 1 aromatic carbocycles. The Morgan fingerprint density at radius 1 is 1.26 bits per heavy atom. The van der Waals surface area contributed by atoms with E-state index in [0.29, 0.717) is 12.8 Å². The molecule has 0 saturated carbocycles. The fourth-order valence-electron chi connectivity index (χ4n) is 1.77. The number of hydrogen-bond acceptors (Lipinski definition) is 3. The van der Waals surface area contributed by atoms with Crippen molar-refractivity contribution in [2.24, 2.45) is 5.41 Å². The molecule has 0 aliphatic carbocycles. The number of aliphatic hydroxyl groups excluding tert-OH is 1. The van der Waals surface area contributed by atoms with Gasteiger partial charge in [-0.2, -0.15) is 0 Å². The first kappa shape index (κ1) is 16.4. The average molecular weight is 306 g/mol. The Morgan fingerprint density at radius 2 is 1.84 bits per heavy atom. The summed E-state index contributed by atoms with van der Waals surface area (Å²) in [6.07, 6.45) is 1.40. The second-order valence-corrected chi connectivity index (χ2v) is 6.76. The molecular formula is C13H20ClNO3S. The van der Waals surface area contributed by atoms with E-state index in [2.05, 4.69) is 4.72 Å². The maximum atomic E-state index is 12.2. The fraction of sp³-hybridized carbons (Fsp3) is 0.538. The molecule has 6 heteroatoms. The van der Waals surface area contributed by atoms with Crippen LogP contribution in [0.1, 0.15) is 26.7 Å². The molecule has 0 bridgehead atoms. The lowest BCUT2D eigenvalue weighted by molar-refractivity contribution is 0.119. The molecule has 0 heterocycles. The molecule has 0 unspecified atom stereocenters. The third-order valence-corrected chi connectivity index (χ3v) is 5.50. The largest absolute Gasteiger partial charge is 0.396 e.